The largest absolute Gasteiger partial charge is 0.496 e. The molecule has 5 heteroatoms. The molecule has 20 heavy (non-hydrogen) atoms. The van der Waals surface area contributed by atoms with Crippen LogP contribution in [0.25, 0.3) is 0 Å². The fraction of sp³-hybridized carbons (Fsp3) is 0.400. The quantitative estimate of drug-likeness (QED) is 0.885. The van der Waals surface area contributed by atoms with Gasteiger partial charge < -0.3 is 10.1 Å². The first-order valence-electron chi connectivity index (χ1n) is 6.61. The molecule has 0 aliphatic rings. The average molecular weight is 294 g/mol. The normalized spacial score (nSPS) is 12.4. The number of nitrogens with zero attached hydrogens (tertiary/aromatic N) is 1. The number of ether oxygens (including phenoxy) is 1. The van der Waals surface area contributed by atoms with Crippen LogP contribution in [0.1, 0.15) is 29.2 Å². The van der Waals surface area contributed by atoms with Crippen LogP contribution in [0.2, 0.25) is 0 Å². The van der Waals surface area contributed by atoms with Crippen LogP contribution in [0.3, 0.4) is 0 Å². The molecule has 1 N–H and O–H groups in total. The molecule has 1 atom stereocenters. The van der Waals surface area contributed by atoms with Crippen LogP contribution < -0.4 is 10.1 Å². The molecule has 2 rings (SSSR count). The van der Waals surface area contributed by atoms with E-state index in [1.165, 1.54) is 12.1 Å². The summed E-state index contributed by atoms with van der Waals surface area (Å²) in [5, 5.41) is 6.45. The monoisotopic (exact) mass is 294 g/mol. The van der Waals surface area contributed by atoms with Crippen LogP contribution in [0.15, 0.2) is 23.6 Å². The van der Waals surface area contributed by atoms with Crippen LogP contribution >= 0.6 is 11.3 Å². The second-order valence-electron chi connectivity index (χ2n) is 4.58. The van der Waals surface area contributed by atoms with E-state index in [0.29, 0.717) is 5.75 Å². The lowest BCUT2D eigenvalue weighted by Gasteiger charge is -2.20. The highest BCUT2D eigenvalue weighted by molar-refractivity contribution is 7.09. The Morgan fingerprint density at radius 1 is 1.45 bits per heavy atom. The first-order chi connectivity index (χ1) is 9.63. The maximum Gasteiger partial charge on any atom is 0.123 e. The number of halogens is 1. The Bertz CT molecular complexity index is 571. The highest BCUT2D eigenvalue weighted by Crippen LogP contribution is 2.29. The second-order valence-corrected chi connectivity index (χ2v) is 5.53. The van der Waals surface area contributed by atoms with Gasteiger partial charge in [-0.2, -0.15) is 0 Å². The van der Waals surface area contributed by atoms with Gasteiger partial charge in [0.05, 0.1) is 12.1 Å². The minimum absolute atomic E-state index is 0.00352. The molecule has 0 fully saturated rings. The number of methoxy groups -OCH3 is 1. The summed E-state index contributed by atoms with van der Waals surface area (Å²) in [4.78, 5) is 4.48. The van der Waals surface area contributed by atoms with Crippen molar-refractivity contribution in [3.8, 4) is 5.75 Å². The van der Waals surface area contributed by atoms with Crippen molar-refractivity contribution in [2.45, 2.75) is 26.3 Å². The van der Waals surface area contributed by atoms with Gasteiger partial charge >= 0.3 is 0 Å². The molecule has 1 aromatic carbocycles. The number of hydrogen-bond acceptors (Lipinski definition) is 4. The van der Waals surface area contributed by atoms with E-state index in [1.54, 1.807) is 24.5 Å². The fourth-order valence-corrected chi connectivity index (χ4v) is 3.01. The number of benzene rings is 1. The first kappa shape index (κ1) is 14.9. The van der Waals surface area contributed by atoms with E-state index in [4.69, 9.17) is 4.74 Å². The molecule has 0 spiro atoms. The second kappa shape index (κ2) is 6.81. The van der Waals surface area contributed by atoms with E-state index in [0.717, 1.165) is 29.2 Å². The van der Waals surface area contributed by atoms with Crippen molar-refractivity contribution in [1.82, 2.24) is 10.3 Å². The van der Waals surface area contributed by atoms with Gasteiger partial charge in [-0.25, -0.2) is 9.37 Å². The third kappa shape index (κ3) is 3.55. The van der Waals surface area contributed by atoms with Crippen molar-refractivity contribution in [3.05, 3.63) is 45.7 Å². The Labute approximate surface area is 122 Å². The number of rotatable bonds is 6. The Morgan fingerprint density at radius 3 is 2.85 bits per heavy atom. The fourth-order valence-electron chi connectivity index (χ4n) is 2.19. The van der Waals surface area contributed by atoms with Crippen molar-refractivity contribution < 1.29 is 9.13 Å². The Hall–Kier alpha value is -1.46. The van der Waals surface area contributed by atoms with Crippen LogP contribution in [-0.2, 0) is 6.42 Å². The minimum atomic E-state index is -0.251. The van der Waals surface area contributed by atoms with Crippen molar-refractivity contribution >= 4 is 11.3 Å². The van der Waals surface area contributed by atoms with Gasteiger partial charge in [0.1, 0.15) is 11.6 Å². The van der Waals surface area contributed by atoms with Gasteiger partial charge in [-0.3, -0.25) is 0 Å². The van der Waals surface area contributed by atoms with Gasteiger partial charge in [-0.15, -0.1) is 11.3 Å². The number of likely N-dealkylation sites (N-methyl/N-ethyl adjacent to an activating group) is 1. The lowest BCUT2D eigenvalue weighted by atomic mass is 10.0. The summed E-state index contributed by atoms with van der Waals surface area (Å²) in [6, 6.07) is 4.62. The maximum absolute atomic E-state index is 13.5. The topological polar surface area (TPSA) is 34.2 Å². The molecule has 0 aliphatic heterocycles. The summed E-state index contributed by atoms with van der Waals surface area (Å²) in [5.41, 5.74) is 1.86. The van der Waals surface area contributed by atoms with Crippen LogP contribution in [0, 0.1) is 12.7 Å². The highest BCUT2D eigenvalue weighted by atomic mass is 32.1. The first-order valence-corrected chi connectivity index (χ1v) is 7.49. The van der Waals surface area contributed by atoms with Crippen LogP contribution in [0.5, 0.6) is 5.75 Å². The number of aromatic nitrogens is 1. The molecular formula is C15H19FN2OS. The molecule has 0 saturated carbocycles. The summed E-state index contributed by atoms with van der Waals surface area (Å²) in [7, 11) is 1.60. The average Bonchev–Trinajstić information content (AvgIpc) is 2.84. The lowest BCUT2D eigenvalue weighted by molar-refractivity contribution is 0.397. The molecule has 1 heterocycles. The molecule has 0 saturated heterocycles. The van der Waals surface area contributed by atoms with E-state index in [9.17, 15) is 4.39 Å². The molecule has 1 aromatic heterocycles. The van der Waals surface area contributed by atoms with Gasteiger partial charge in [0.15, 0.2) is 0 Å². The molecule has 0 bridgehead atoms. The zero-order chi connectivity index (χ0) is 14.5. The third-order valence-electron chi connectivity index (χ3n) is 3.06. The van der Waals surface area contributed by atoms with E-state index in [1.807, 2.05) is 19.2 Å². The standard InChI is InChI=1S/C15H19FN2OS/c1-4-17-13(8-15-18-10(2)9-20-15)12-7-11(16)5-6-14(12)19-3/h5-7,9,13,17H,4,8H2,1-3H3. The number of aryl methyl sites for hydroxylation is 1. The zero-order valence-electron chi connectivity index (χ0n) is 11.9. The molecule has 2 aromatic rings. The highest BCUT2D eigenvalue weighted by Gasteiger charge is 2.18. The Kier molecular flexibility index (Phi) is 5.09. The van der Waals surface area contributed by atoms with E-state index in [2.05, 4.69) is 10.3 Å². The molecular weight excluding hydrogens is 275 g/mol. The number of hydrogen-bond donors (Lipinski definition) is 1. The van der Waals surface area contributed by atoms with Crippen molar-refractivity contribution in [2.75, 3.05) is 13.7 Å². The van der Waals surface area contributed by atoms with Crippen molar-refractivity contribution in [2.24, 2.45) is 0 Å². The van der Waals surface area contributed by atoms with E-state index < -0.39 is 0 Å². The van der Waals surface area contributed by atoms with Gasteiger partial charge in [0, 0.05) is 29.1 Å². The lowest BCUT2D eigenvalue weighted by Crippen LogP contribution is -2.23. The predicted molar refractivity (Wildman–Crippen MR) is 79.9 cm³/mol. The Balaban J connectivity index is 2.30. The zero-order valence-corrected chi connectivity index (χ0v) is 12.8. The molecule has 0 amide bonds. The van der Waals surface area contributed by atoms with Gasteiger partial charge in [-0.05, 0) is 31.7 Å². The van der Waals surface area contributed by atoms with Gasteiger partial charge in [0.25, 0.3) is 0 Å². The summed E-state index contributed by atoms with van der Waals surface area (Å²) in [6.07, 6.45) is 0.728. The summed E-state index contributed by atoms with van der Waals surface area (Å²) in [5.74, 6) is 0.449. The van der Waals surface area contributed by atoms with Crippen molar-refractivity contribution in [3.63, 3.8) is 0 Å². The Morgan fingerprint density at radius 2 is 2.25 bits per heavy atom. The van der Waals surface area contributed by atoms with Gasteiger partial charge in [0.2, 0.25) is 0 Å². The van der Waals surface area contributed by atoms with Gasteiger partial charge in [-0.1, -0.05) is 6.92 Å². The molecule has 0 aliphatic carbocycles. The maximum atomic E-state index is 13.5. The molecule has 108 valence electrons. The molecule has 0 radical (unpaired) electrons. The van der Waals surface area contributed by atoms with Crippen LogP contribution in [-0.4, -0.2) is 18.6 Å². The van der Waals surface area contributed by atoms with E-state index >= 15 is 0 Å². The summed E-state index contributed by atoms with van der Waals surface area (Å²) in [6.45, 7) is 4.81. The number of nitrogens with one attached hydrogen (secondary N) is 1. The minimum Gasteiger partial charge on any atom is -0.496 e. The third-order valence-corrected chi connectivity index (χ3v) is 4.05. The molecule has 1 unspecified atom stereocenters. The van der Waals surface area contributed by atoms with Crippen molar-refractivity contribution in [1.29, 1.82) is 0 Å². The smallest absolute Gasteiger partial charge is 0.123 e. The summed E-state index contributed by atoms with van der Waals surface area (Å²) >= 11 is 1.63. The number of thiazole rings is 1. The van der Waals surface area contributed by atoms with E-state index in [-0.39, 0.29) is 11.9 Å². The summed E-state index contributed by atoms with van der Waals surface area (Å²) < 4.78 is 18.9. The predicted octanol–water partition coefficient (Wildman–Crippen LogP) is 3.49. The SMILES string of the molecule is CCNC(Cc1nc(C)cs1)c1cc(F)ccc1OC. The molecule has 3 nitrogen and oxygen atoms in total. The van der Waals surface area contributed by atoms with Crippen LogP contribution in [0.4, 0.5) is 4.39 Å².